The Morgan fingerprint density at radius 1 is 0.696 bits per heavy atom. The Balaban J connectivity index is 2.04. The summed E-state index contributed by atoms with van der Waals surface area (Å²) in [7, 11) is -1.52. The molecule has 23 heavy (non-hydrogen) atoms. The second kappa shape index (κ2) is 5.95. The predicted molar refractivity (Wildman–Crippen MR) is 103 cm³/mol. The third kappa shape index (κ3) is 2.33. The molecule has 1 atom stereocenters. The molecule has 0 nitrogen and oxygen atoms in total. The van der Waals surface area contributed by atoms with Crippen LogP contribution in [0.2, 0.25) is 0 Å². The third-order valence-corrected chi connectivity index (χ3v) is 9.69. The molecule has 0 bridgehead atoms. The van der Waals surface area contributed by atoms with Crippen LogP contribution >= 0.6 is 7.26 Å². The minimum absolute atomic E-state index is 0.659. The highest BCUT2D eigenvalue weighted by Gasteiger charge is 2.49. The summed E-state index contributed by atoms with van der Waals surface area (Å²) < 4.78 is 0. The van der Waals surface area contributed by atoms with Gasteiger partial charge in [-0.1, -0.05) is 61.5 Å². The van der Waals surface area contributed by atoms with Gasteiger partial charge in [0.15, 0.2) is 0 Å². The van der Waals surface area contributed by atoms with Crippen molar-refractivity contribution in [3.05, 3.63) is 90.5 Å². The molecule has 0 spiro atoms. The molecule has 0 fully saturated rings. The SMILES string of the molecule is C[C@@H]1CC[P+](c2ccccc2)(c2ccccc2)c2ccccc21. The van der Waals surface area contributed by atoms with Crippen LogP contribution in [0.15, 0.2) is 84.9 Å². The van der Waals surface area contributed by atoms with Crippen molar-refractivity contribution < 1.29 is 0 Å². The third-order valence-electron chi connectivity index (χ3n) is 5.17. The first-order valence-electron chi connectivity index (χ1n) is 8.41. The van der Waals surface area contributed by atoms with Gasteiger partial charge in [0.05, 0.1) is 6.16 Å². The molecule has 0 unspecified atom stereocenters. The van der Waals surface area contributed by atoms with Gasteiger partial charge in [-0.25, -0.2) is 0 Å². The van der Waals surface area contributed by atoms with Gasteiger partial charge >= 0.3 is 0 Å². The van der Waals surface area contributed by atoms with Gasteiger partial charge in [0.2, 0.25) is 0 Å². The summed E-state index contributed by atoms with van der Waals surface area (Å²) in [6.45, 7) is 2.38. The Morgan fingerprint density at radius 3 is 1.83 bits per heavy atom. The van der Waals surface area contributed by atoms with E-state index in [0.29, 0.717) is 5.92 Å². The van der Waals surface area contributed by atoms with Crippen molar-refractivity contribution in [1.82, 2.24) is 0 Å². The zero-order chi connectivity index (χ0) is 15.7. The molecular formula is C22H22P+. The van der Waals surface area contributed by atoms with Gasteiger partial charge in [-0.15, -0.1) is 0 Å². The van der Waals surface area contributed by atoms with Crippen molar-refractivity contribution in [3.63, 3.8) is 0 Å². The summed E-state index contributed by atoms with van der Waals surface area (Å²) in [4.78, 5) is 0. The Bertz CT molecular complexity index is 753. The van der Waals surface area contributed by atoms with Crippen LogP contribution in [-0.2, 0) is 0 Å². The summed E-state index contributed by atoms with van der Waals surface area (Å²) in [6.07, 6.45) is 2.55. The maximum absolute atomic E-state index is 2.39. The average molecular weight is 317 g/mol. The topological polar surface area (TPSA) is 0 Å². The van der Waals surface area contributed by atoms with E-state index in [-0.39, 0.29) is 0 Å². The summed E-state index contributed by atoms with van der Waals surface area (Å²) in [5, 5.41) is 4.63. The zero-order valence-electron chi connectivity index (χ0n) is 13.5. The van der Waals surface area contributed by atoms with Gasteiger partial charge in [0.25, 0.3) is 0 Å². The van der Waals surface area contributed by atoms with Gasteiger partial charge in [-0.2, -0.15) is 0 Å². The van der Waals surface area contributed by atoms with E-state index in [1.807, 2.05) is 0 Å². The van der Waals surface area contributed by atoms with Crippen molar-refractivity contribution >= 4 is 23.2 Å². The van der Waals surface area contributed by atoms with E-state index in [4.69, 9.17) is 0 Å². The minimum atomic E-state index is -1.52. The molecule has 1 heterocycles. The number of fused-ring (bicyclic) bond motifs is 1. The molecule has 0 amide bonds. The lowest BCUT2D eigenvalue weighted by atomic mass is 9.98. The summed E-state index contributed by atoms with van der Waals surface area (Å²) >= 11 is 0. The van der Waals surface area contributed by atoms with Crippen molar-refractivity contribution in [1.29, 1.82) is 0 Å². The van der Waals surface area contributed by atoms with Crippen LogP contribution in [0.25, 0.3) is 0 Å². The van der Waals surface area contributed by atoms with Gasteiger partial charge in [-0.05, 0) is 48.2 Å². The molecule has 0 N–H and O–H groups in total. The van der Waals surface area contributed by atoms with Crippen LogP contribution in [0.1, 0.15) is 24.8 Å². The van der Waals surface area contributed by atoms with Gasteiger partial charge in [-0.3, -0.25) is 0 Å². The Morgan fingerprint density at radius 2 is 1.22 bits per heavy atom. The average Bonchev–Trinajstić information content (AvgIpc) is 2.64. The van der Waals surface area contributed by atoms with Crippen LogP contribution in [-0.4, -0.2) is 6.16 Å². The number of benzene rings is 3. The normalized spacial score (nSPS) is 19.1. The second-order valence-electron chi connectivity index (χ2n) is 6.45. The molecule has 0 saturated carbocycles. The molecule has 0 aliphatic carbocycles. The van der Waals surface area contributed by atoms with Gasteiger partial charge < -0.3 is 0 Å². The molecule has 3 aromatic rings. The van der Waals surface area contributed by atoms with Crippen LogP contribution < -0.4 is 15.9 Å². The van der Waals surface area contributed by atoms with E-state index in [0.717, 1.165) is 0 Å². The molecule has 3 aromatic carbocycles. The highest BCUT2D eigenvalue weighted by Crippen LogP contribution is 2.60. The second-order valence-corrected chi connectivity index (χ2v) is 10.0. The van der Waals surface area contributed by atoms with E-state index >= 15 is 0 Å². The van der Waals surface area contributed by atoms with Gasteiger partial charge in [0.1, 0.15) is 23.2 Å². The molecule has 4 rings (SSSR count). The van der Waals surface area contributed by atoms with Crippen LogP contribution in [0.5, 0.6) is 0 Å². The largest absolute Gasteiger partial charge is 0.112 e. The molecule has 114 valence electrons. The van der Waals surface area contributed by atoms with E-state index in [1.54, 1.807) is 10.9 Å². The molecule has 1 aliphatic rings. The van der Waals surface area contributed by atoms with Crippen molar-refractivity contribution in [2.24, 2.45) is 0 Å². The van der Waals surface area contributed by atoms with Crippen molar-refractivity contribution in [2.75, 3.05) is 6.16 Å². The molecule has 1 aliphatic heterocycles. The quantitative estimate of drug-likeness (QED) is 0.611. The summed E-state index contributed by atoms with van der Waals surface area (Å²) in [5.41, 5.74) is 1.56. The molecule has 0 radical (unpaired) electrons. The highest BCUT2D eigenvalue weighted by molar-refractivity contribution is 7.95. The van der Waals surface area contributed by atoms with E-state index in [9.17, 15) is 0 Å². The standard InChI is InChI=1S/C22H22P/c1-18-16-17-23(19-10-4-2-5-11-19,20-12-6-3-7-13-20)22-15-9-8-14-21(18)22/h2-15,18H,16-17H2,1H3/q+1/t18-/m1/s1. The minimum Gasteiger partial charge on any atom is -0.0620 e. The van der Waals surface area contributed by atoms with Crippen LogP contribution in [0.4, 0.5) is 0 Å². The lowest BCUT2D eigenvalue weighted by Crippen LogP contribution is -2.38. The maximum atomic E-state index is 2.39. The highest BCUT2D eigenvalue weighted by atomic mass is 31.2. The fraction of sp³-hybridized carbons (Fsp3) is 0.182. The van der Waals surface area contributed by atoms with E-state index in [1.165, 1.54) is 23.2 Å². The molecular weight excluding hydrogens is 295 g/mol. The van der Waals surface area contributed by atoms with Crippen molar-refractivity contribution in [3.8, 4) is 0 Å². The van der Waals surface area contributed by atoms with Crippen molar-refractivity contribution in [2.45, 2.75) is 19.3 Å². The lowest BCUT2D eigenvalue weighted by Gasteiger charge is -2.35. The molecule has 1 heteroatoms. The van der Waals surface area contributed by atoms with Crippen LogP contribution in [0.3, 0.4) is 0 Å². The number of rotatable bonds is 2. The first kappa shape index (κ1) is 14.7. The number of hydrogen-bond acceptors (Lipinski definition) is 0. The van der Waals surface area contributed by atoms with Gasteiger partial charge in [0, 0.05) is 0 Å². The first-order chi connectivity index (χ1) is 11.3. The van der Waals surface area contributed by atoms with Crippen LogP contribution in [0, 0.1) is 0 Å². The first-order valence-corrected chi connectivity index (χ1v) is 10.4. The Kier molecular flexibility index (Phi) is 3.79. The number of hydrogen-bond donors (Lipinski definition) is 0. The summed E-state index contributed by atoms with van der Waals surface area (Å²) in [5.74, 6) is 0.659. The summed E-state index contributed by atoms with van der Waals surface area (Å²) in [6, 6.07) is 31.6. The smallest absolute Gasteiger partial charge is 0.0620 e. The zero-order valence-corrected chi connectivity index (χ0v) is 14.4. The molecule has 0 aromatic heterocycles. The van der Waals surface area contributed by atoms with E-state index in [2.05, 4.69) is 91.9 Å². The molecule has 0 saturated heterocycles. The Hall–Kier alpha value is -1.91. The fourth-order valence-corrected chi connectivity index (χ4v) is 8.79. The predicted octanol–water partition coefficient (Wildman–Crippen LogP) is 4.49. The monoisotopic (exact) mass is 317 g/mol. The Labute approximate surface area is 139 Å². The lowest BCUT2D eigenvalue weighted by molar-refractivity contribution is 0.734. The fourth-order valence-electron chi connectivity index (χ4n) is 3.97. The van der Waals surface area contributed by atoms with E-state index < -0.39 is 7.26 Å². The maximum Gasteiger partial charge on any atom is 0.112 e.